The van der Waals surface area contributed by atoms with E-state index in [-0.39, 0.29) is 0 Å². The Morgan fingerprint density at radius 1 is 1.36 bits per heavy atom. The molecule has 0 radical (unpaired) electrons. The quantitative estimate of drug-likeness (QED) is 0.794. The van der Waals surface area contributed by atoms with E-state index in [2.05, 4.69) is 19.1 Å². The van der Waals surface area contributed by atoms with Crippen LogP contribution in [0.15, 0.2) is 24.3 Å². The largest absolute Gasteiger partial charge is 0.497 e. The average molecular weight is 191 g/mol. The van der Waals surface area contributed by atoms with Crippen molar-refractivity contribution in [3.63, 3.8) is 0 Å². The van der Waals surface area contributed by atoms with Crippen molar-refractivity contribution >= 4 is 0 Å². The average Bonchev–Trinajstić information content (AvgIpc) is 2.97. The Bertz CT molecular complexity index is 305. The van der Waals surface area contributed by atoms with Gasteiger partial charge in [0.25, 0.3) is 0 Å². The molecular formula is C12H17NO. The molecule has 14 heavy (non-hydrogen) atoms. The zero-order valence-electron chi connectivity index (χ0n) is 8.73. The second-order valence-corrected chi connectivity index (χ2v) is 4.14. The van der Waals surface area contributed by atoms with Crippen LogP contribution in [0.5, 0.6) is 5.75 Å². The summed E-state index contributed by atoms with van der Waals surface area (Å²) in [6.45, 7) is 2.09. The molecule has 3 atom stereocenters. The summed E-state index contributed by atoms with van der Waals surface area (Å²) in [7, 11) is 1.69. The summed E-state index contributed by atoms with van der Waals surface area (Å²) in [5.74, 6) is 2.29. The number of benzene rings is 1. The zero-order valence-corrected chi connectivity index (χ0v) is 8.73. The molecule has 0 saturated heterocycles. The summed E-state index contributed by atoms with van der Waals surface area (Å²) in [4.78, 5) is 0. The first-order valence-corrected chi connectivity index (χ1v) is 5.12. The number of rotatable bonds is 3. The van der Waals surface area contributed by atoms with Gasteiger partial charge in [0.05, 0.1) is 7.11 Å². The van der Waals surface area contributed by atoms with Crippen molar-refractivity contribution in [2.45, 2.75) is 25.3 Å². The Kier molecular flexibility index (Phi) is 2.46. The third kappa shape index (κ3) is 1.75. The van der Waals surface area contributed by atoms with E-state index in [4.69, 9.17) is 10.5 Å². The summed E-state index contributed by atoms with van der Waals surface area (Å²) in [5, 5.41) is 0. The summed E-state index contributed by atoms with van der Waals surface area (Å²) in [5.41, 5.74) is 7.25. The molecule has 1 aliphatic rings. The van der Waals surface area contributed by atoms with Gasteiger partial charge >= 0.3 is 0 Å². The zero-order chi connectivity index (χ0) is 10.1. The van der Waals surface area contributed by atoms with Crippen LogP contribution in [0, 0.1) is 5.92 Å². The van der Waals surface area contributed by atoms with Gasteiger partial charge < -0.3 is 10.5 Å². The molecule has 1 fully saturated rings. The van der Waals surface area contributed by atoms with Crippen LogP contribution in [0.2, 0.25) is 0 Å². The molecule has 0 bridgehead atoms. The Labute approximate surface area is 85.1 Å². The van der Waals surface area contributed by atoms with Crippen molar-refractivity contribution in [3.8, 4) is 5.75 Å². The highest BCUT2D eigenvalue weighted by atomic mass is 16.5. The molecule has 76 valence electrons. The molecule has 0 amide bonds. The van der Waals surface area contributed by atoms with Gasteiger partial charge in [-0.3, -0.25) is 0 Å². The molecule has 0 spiro atoms. The molecule has 2 rings (SSSR count). The number of hydrogen-bond donors (Lipinski definition) is 1. The van der Waals surface area contributed by atoms with Gasteiger partial charge in [-0.05, 0) is 42.9 Å². The lowest BCUT2D eigenvalue weighted by Crippen LogP contribution is -2.17. The van der Waals surface area contributed by atoms with Gasteiger partial charge in [0.1, 0.15) is 5.75 Å². The minimum Gasteiger partial charge on any atom is -0.497 e. The Hall–Kier alpha value is -1.02. The maximum absolute atomic E-state index is 5.86. The third-order valence-corrected chi connectivity index (χ3v) is 3.06. The van der Waals surface area contributed by atoms with E-state index >= 15 is 0 Å². The molecular weight excluding hydrogens is 174 g/mol. The van der Waals surface area contributed by atoms with Crippen molar-refractivity contribution in [1.29, 1.82) is 0 Å². The molecule has 0 heterocycles. The fourth-order valence-corrected chi connectivity index (χ4v) is 2.03. The summed E-state index contributed by atoms with van der Waals surface area (Å²) < 4.78 is 5.12. The second kappa shape index (κ2) is 3.62. The first-order chi connectivity index (χ1) is 6.72. The minimum absolute atomic E-state index is 0.321. The molecule has 1 aromatic rings. The van der Waals surface area contributed by atoms with Gasteiger partial charge in [-0.2, -0.15) is 0 Å². The minimum atomic E-state index is 0.321. The first-order valence-electron chi connectivity index (χ1n) is 5.12. The predicted octanol–water partition coefficient (Wildman–Crippen LogP) is 2.15. The molecule has 0 aromatic heterocycles. The van der Waals surface area contributed by atoms with Crippen LogP contribution in [0.3, 0.4) is 0 Å². The van der Waals surface area contributed by atoms with E-state index in [9.17, 15) is 0 Å². The van der Waals surface area contributed by atoms with E-state index in [1.54, 1.807) is 7.11 Å². The van der Waals surface area contributed by atoms with Gasteiger partial charge in [0.15, 0.2) is 0 Å². The topological polar surface area (TPSA) is 35.2 Å². The molecule has 2 nitrogen and oxygen atoms in total. The number of nitrogens with two attached hydrogens (primary N) is 1. The van der Waals surface area contributed by atoms with Crippen LogP contribution >= 0.6 is 0 Å². The van der Waals surface area contributed by atoms with E-state index < -0.39 is 0 Å². The van der Waals surface area contributed by atoms with Crippen molar-refractivity contribution < 1.29 is 4.74 Å². The van der Waals surface area contributed by atoms with E-state index in [0.717, 1.165) is 5.75 Å². The fraction of sp³-hybridized carbons (Fsp3) is 0.500. The first kappa shape index (κ1) is 9.53. The molecule has 0 aliphatic heterocycles. The highest BCUT2D eigenvalue weighted by Gasteiger charge is 2.40. The van der Waals surface area contributed by atoms with Crippen molar-refractivity contribution in [2.24, 2.45) is 11.7 Å². The summed E-state index contributed by atoms with van der Waals surface area (Å²) >= 11 is 0. The highest BCUT2D eigenvalue weighted by molar-refractivity contribution is 5.32. The summed E-state index contributed by atoms with van der Waals surface area (Å²) in [6.07, 6.45) is 1.24. The Morgan fingerprint density at radius 2 is 2.00 bits per heavy atom. The SMILES string of the molecule is COc1ccc([C@H]2C[C@@H]2[C@H](C)N)cc1. The van der Waals surface area contributed by atoms with Crippen LogP contribution in [-0.4, -0.2) is 13.2 Å². The third-order valence-electron chi connectivity index (χ3n) is 3.06. The van der Waals surface area contributed by atoms with Crippen LogP contribution in [0.4, 0.5) is 0 Å². The van der Waals surface area contributed by atoms with Crippen molar-refractivity contribution in [3.05, 3.63) is 29.8 Å². The van der Waals surface area contributed by atoms with Gasteiger partial charge in [0, 0.05) is 6.04 Å². The maximum Gasteiger partial charge on any atom is 0.118 e. The standard InChI is InChI=1S/C12H17NO/c1-8(13)11-7-12(11)9-3-5-10(14-2)6-4-9/h3-6,8,11-12H,7,13H2,1-2H3/t8-,11+,12+/m0/s1. The monoisotopic (exact) mass is 191 g/mol. The van der Waals surface area contributed by atoms with Crippen LogP contribution < -0.4 is 10.5 Å². The smallest absolute Gasteiger partial charge is 0.118 e. The number of methoxy groups -OCH3 is 1. The molecule has 0 unspecified atom stereocenters. The van der Waals surface area contributed by atoms with Gasteiger partial charge in [-0.25, -0.2) is 0 Å². The highest BCUT2D eigenvalue weighted by Crippen LogP contribution is 2.49. The summed E-state index contributed by atoms with van der Waals surface area (Å²) in [6, 6.07) is 8.65. The molecule has 2 N–H and O–H groups in total. The van der Waals surface area contributed by atoms with E-state index in [1.165, 1.54) is 12.0 Å². The lowest BCUT2D eigenvalue weighted by atomic mass is 10.1. The van der Waals surface area contributed by atoms with Gasteiger partial charge in [-0.1, -0.05) is 12.1 Å². The van der Waals surface area contributed by atoms with Crippen LogP contribution in [-0.2, 0) is 0 Å². The molecule has 2 heteroatoms. The number of ether oxygens (including phenoxy) is 1. The molecule has 1 saturated carbocycles. The molecule has 1 aromatic carbocycles. The Morgan fingerprint density at radius 3 is 2.43 bits per heavy atom. The molecule has 1 aliphatic carbocycles. The van der Waals surface area contributed by atoms with Gasteiger partial charge in [0.2, 0.25) is 0 Å². The van der Waals surface area contributed by atoms with Crippen molar-refractivity contribution in [1.82, 2.24) is 0 Å². The van der Waals surface area contributed by atoms with Gasteiger partial charge in [-0.15, -0.1) is 0 Å². The predicted molar refractivity (Wildman–Crippen MR) is 57.5 cm³/mol. The maximum atomic E-state index is 5.86. The number of hydrogen-bond acceptors (Lipinski definition) is 2. The second-order valence-electron chi connectivity index (χ2n) is 4.14. The lowest BCUT2D eigenvalue weighted by molar-refractivity contribution is 0.414. The van der Waals surface area contributed by atoms with Crippen molar-refractivity contribution in [2.75, 3.05) is 7.11 Å². The van der Waals surface area contributed by atoms with Crippen LogP contribution in [0.1, 0.15) is 24.8 Å². The lowest BCUT2D eigenvalue weighted by Gasteiger charge is -2.05. The van der Waals surface area contributed by atoms with E-state index in [1.807, 2.05) is 12.1 Å². The normalized spacial score (nSPS) is 27.1. The Balaban J connectivity index is 2.05. The van der Waals surface area contributed by atoms with E-state index in [0.29, 0.717) is 17.9 Å². The van der Waals surface area contributed by atoms with Crippen LogP contribution in [0.25, 0.3) is 0 Å². The fourth-order valence-electron chi connectivity index (χ4n) is 2.03.